The highest BCUT2D eigenvalue weighted by molar-refractivity contribution is 6.30. The van der Waals surface area contributed by atoms with Crippen LogP contribution in [0.25, 0.3) is 0 Å². The van der Waals surface area contributed by atoms with Crippen molar-refractivity contribution in [3.05, 3.63) is 28.8 Å². The lowest BCUT2D eigenvalue weighted by atomic mass is 9.99. The van der Waals surface area contributed by atoms with Gasteiger partial charge in [0.2, 0.25) is 5.69 Å². The molecule has 2 rings (SSSR count). The number of aliphatic hydroxyl groups is 1. The van der Waals surface area contributed by atoms with Crippen molar-refractivity contribution in [2.45, 2.75) is 65.5 Å². The van der Waals surface area contributed by atoms with Gasteiger partial charge in [0.25, 0.3) is 0 Å². The summed E-state index contributed by atoms with van der Waals surface area (Å²) in [5.41, 5.74) is 2.54. The monoisotopic (exact) mass is 396 g/mol. The molecule has 154 valence electrons. The second kappa shape index (κ2) is 13.3. The Morgan fingerprint density at radius 3 is 2.74 bits per heavy atom. The van der Waals surface area contributed by atoms with Gasteiger partial charge in [-0.1, -0.05) is 32.4 Å². The summed E-state index contributed by atoms with van der Waals surface area (Å²) in [4.78, 5) is 2.31. The number of halogens is 1. The third-order valence-electron chi connectivity index (χ3n) is 5.07. The summed E-state index contributed by atoms with van der Waals surface area (Å²) in [6.07, 6.45) is 6.70. The summed E-state index contributed by atoms with van der Waals surface area (Å²) < 4.78 is 2.20. The molecule has 0 spiro atoms. The zero-order valence-corrected chi connectivity index (χ0v) is 18.6. The van der Waals surface area contributed by atoms with E-state index < -0.39 is 0 Å². The molecule has 0 radical (unpaired) electrons. The zero-order valence-electron chi connectivity index (χ0n) is 17.8. The Kier molecular flexibility index (Phi) is 11.8. The molecule has 0 aliphatic carbocycles. The standard InChI is InChI=1S/C20H33ClN3O.C2H6/c1-4-24(13-14-25)12-5-7-16(2)22-19-8-6-11-23(3)20-15-17(21)9-10-18(19)20;1-2/h9-11,15-16,19,22,25H,4-8,12-14H2,1-3H3;1-2H3/q+1;. The van der Waals surface area contributed by atoms with Crippen molar-refractivity contribution in [1.29, 1.82) is 0 Å². The number of aliphatic hydroxyl groups excluding tert-OH is 1. The number of nitrogens with one attached hydrogen (secondary N) is 1. The summed E-state index contributed by atoms with van der Waals surface area (Å²) in [7, 11) is 2.10. The predicted molar refractivity (Wildman–Crippen MR) is 118 cm³/mol. The van der Waals surface area contributed by atoms with Crippen molar-refractivity contribution in [3.63, 3.8) is 0 Å². The van der Waals surface area contributed by atoms with Crippen LogP contribution in [0.1, 0.15) is 65.0 Å². The molecule has 1 aromatic carbocycles. The fourth-order valence-corrected chi connectivity index (χ4v) is 3.76. The van der Waals surface area contributed by atoms with Crippen LogP contribution in [0.4, 0.5) is 5.69 Å². The van der Waals surface area contributed by atoms with E-state index in [1.54, 1.807) is 0 Å². The Balaban J connectivity index is 0.00000176. The SMILES string of the molecule is CC.CCN(CCO)CCCC(C)NC1CCC=[N+](C)c2cc(Cl)ccc21. The molecule has 27 heavy (non-hydrogen) atoms. The Morgan fingerprint density at radius 1 is 1.33 bits per heavy atom. The molecule has 0 amide bonds. The van der Waals surface area contributed by atoms with Gasteiger partial charge in [0, 0.05) is 41.7 Å². The van der Waals surface area contributed by atoms with Gasteiger partial charge in [-0.15, -0.1) is 0 Å². The van der Waals surface area contributed by atoms with E-state index >= 15 is 0 Å². The van der Waals surface area contributed by atoms with Crippen molar-refractivity contribution < 1.29 is 9.68 Å². The van der Waals surface area contributed by atoms with Crippen LogP contribution in [0.2, 0.25) is 5.02 Å². The lowest BCUT2D eigenvalue weighted by molar-refractivity contribution is -0.400. The summed E-state index contributed by atoms with van der Waals surface area (Å²) in [5, 5.41) is 13.7. The average Bonchev–Trinajstić information content (AvgIpc) is 2.81. The summed E-state index contributed by atoms with van der Waals surface area (Å²) in [6, 6.07) is 7.05. The van der Waals surface area contributed by atoms with Crippen molar-refractivity contribution in [1.82, 2.24) is 10.2 Å². The van der Waals surface area contributed by atoms with Gasteiger partial charge in [-0.25, -0.2) is 4.58 Å². The second-order valence-electron chi connectivity index (χ2n) is 6.99. The fraction of sp³-hybridized carbons (Fsp3) is 0.682. The molecule has 0 saturated carbocycles. The molecule has 1 aliphatic heterocycles. The van der Waals surface area contributed by atoms with E-state index in [-0.39, 0.29) is 6.61 Å². The van der Waals surface area contributed by atoms with Gasteiger partial charge < -0.3 is 15.3 Å². The molecule has 0 bridgehead atoms. The van der Waals surface area contributed by atoms with Gasteiger partial charge in [0.05, 0.1) is 6.61 Å². The van der Waals surface area contributed by atoms with Crippen LogP contribution in [0.15, 0.2) is 18.2 Å². The first-order valence-corrected chi connectivity index (χ1v) is 10.9. The van der Waals surface area contributed by atoms with Gasteiger partial charge >= 0.3 is 0 Å². The Morgan fingerprint density at radius 2 is 2.07 bits per heavy atom. The third-order valence-corrected chi connectivity index (χ3v) is 5.30. The first-order chi connectivity index (χ1) is 13.0. The van der Waals surface area contributed by atoms with Crippen LogP contribution in [0.5, 0.6) is 0 Å². The summed E-state index contributed by atoms with van der Waals surface area (Å²) in [5.74, 6) is 0. The molecule has 4 nitrogen and oxygen atoms in total. The maximum Gasteiger partial charge on any atom is 0.210 e. The highest BCUT2D eigenvalue weighted by atomic mass is 35.5. The number of fused-ring (bicyclic) bond motifs is 1. The minimum absolute atomic E-state index is 0.243. The van der Waals surface area contributed by atoms with E-state index in [0.717, 1.165) is 50.3 Å². The molecule has 2 atom stereocenters. The number of benzene rings is 1. The lowest BCUT2D eigenvalue weighted by Gasteiger charge is -2.24. The topological polar surface area (TPSA) is 38.5 Å². The van der Waals surface area contributed by atoms with Crippen LogP contribution in [-0.4, -0.2) is 60.1 Å². The Labute approximate surface area is 171 Å². The predicted octanol–water partition coefficient (Wildman–Crippen LogP) is 4.62. The van der Waals surface area contributed by atoms with E-state index in [1.165, 1.54) is 11.3 Å². The van der Waals surface area contributed by atoms with E-state index in [9.17, 15) is 0 Å². The molecule has 2 N–H and O–H groups in total. The number of hydrogen-bond acceptors (Lipinski definition) is 3. The molecule has 1 aliphatic rings. The van der Waals surface area contributed by atoms with E-state index in [1.807, 2.05) is 19.9 Å². The Hall–Kier alpha value is -0.940. The van der Waals surface area contributed by atoms with Crippen LogP contribution < -0.4 is 5.32 Å². The van der Waals surface area contributed by atoms with E-state index in [0.29, 0.717) is 12.1 Å². The summed E-state index contributed by atoms with van der Waals surface area (Å²) >= 11 is 6.20. The first-order valence-electron chi connectivity index (χ1n) is 10.5. The van der Waals surface area contributed by atoms with E-state index in [2.05, 4.69) is 54.0 Å². The van der Waals surface area contributed by atoms with Crippen molar-refractivity contribution >= 4 is 23.5 Å². The second-order valence-corrected chi connectivity index (χ2v) is 7.43. The molecule has 2 unspecified atom stereocenters. The minimum atomic E-state index is 0.243. The highest BCUT2D eigenvalue weighted by Crippen LogP contribution is 2.32. The zero-order chi connectivity index (χ0) is 20.2. The molecule has 5 heteroatoms. The van der Waals surface area contributed by atoms with Crippen molar-refractivity contribution in [3.8, 4) is 0 Å². The third kappa shape index (κ3) is 7.90. The maximum atomic E-state index is 9.08. The maximum absolute atomic E-state index is 9.08. The van der Waals surface area contributed by atoms with Crippen LogP contribution in [0.3, 0.4) is 0 Å². The van der Waals surface area contributed by atoms with Gasteiger partial charge in [0.15, 0.2) is 0 Å². The van der Waals surface area contributed by atoms with Crippen molar-refractivity contribution in [2.24, 2.45) is 0 Å². The van der Waals surface area contributed by atoms with Crippen LogP contribution in [0, 0.1) is 0 Å². The molecule has 1 heterocycles. The van der Waals surface area contributed by atoms with Gasteiger partial charge in [-0.3, -0.25) is 0 Å². The number of rotatable bonds is 9. The molecular formula is C22H39ClN3O+. The van der Waals surface area contributed by atoms with E-state index in [4.69, 9.17) is 16.7 Å². The van der Waals surface area contributed by atoms with Crippen molar-refractivity contribution in [2.75, 3.05) is 33.3 Å². The normalized spacial score (nSPS) is 17.5. The number of likely N-dealkylation sites (N-methyl/N-ethyl adjacent to an activating group) is 1. The molecule has 0 aromatic heterocycles. The molecule has 0 fully saturated rings. The summed E-state index contributed by atoms with van der Waals surface area (Å²) in [6.45, 7) is 11.5. The van der Waals surface area contributed by atoms with Gasteiger partial charge in [-0.05, 0) is 51.4 Å². The molecule has 0 saturated heterocycles. The lowest BCUT2D eigenvalue weighted by Crippen LogP contribution is -2.32. The highest BCUT2D eigenvalue weighted by Gasteiger charge is 2.24. The number of hydrogen-bond donors (Lipinski definition) is 2. The largest absolute Gasteiger partial charge is 0.395 e. The average molecular weight is 397 g/mol. The Bertz CT molecular complexity index is 577. The van der Waals surface area contributed by atoms with Crippen LogP contribution >= 0.6 is 11.6 Å². The quantitative estimate of drug-likeness (QED) is 0.598. The first kappa shape index (κ1) is 24.1. The minimum Gasteiger partial charge on any atom is -0.395 e. The number of nitrogens with zero attached hydrogens (tertiary/aromatic N) is 2. The van der Waals surface area contributed by atoms with Gasteiger partial charge in [-0.2, -0.15) is 0 Å². The molecular weight excluding hydrogens is 358 g/mol. The smallest absolute Gasteiger partial charge is 0.210 e. The fourth-order valence-electron chi connectivity index (χ4n) is 3.60. The van der Waals surface area contributed by atoms with Gasteiger partial charge in [0.1, 0.15) is 13.3 Å². The molecule has 1 aromatic rings. The van der Waals surface area contributed by atoms with Crippen LogP contribution in [-0.2, 0) is 0 Å².